The SMILES string of the molecule is CCNC(c1cc(Br)c(Br)s1)c1c(Cl)cnn1C(C)C. The summed E-state index contributed by atoms with van der Waals surface area (Å²) in [7, 11) is 0. The van der Waals surface area contributed by atoms with Crippen LogP contribution in [0.4, 0.5) is 0 Å². The molecule has 2 aromatic rings. The number of thiophene rings is 1. The lowest BCUT2D eigenvalue weighted by atomic mass is 10.1. The average Bonchev–Trinajstić information content (AvgIpc) is 2.91. The maximum absolute atomic E-state index is 6.37. The first-order chi connectivity index (χ1) is 9.45. The predicted octanol–water partition coefficient (Wildman–Crippen LogP) is 5.40. The molecule has 0 saturated carbocycles. The van der Waals surface area contributed by atoms with Crippen molar-refractivity contribution in [1.29, 1.82) is 0 Å². The minimum absolute atomic E-state index is 0.0463. The Morgan fingerprint density at radius 3 is 2.65 bits per heavy atom. The summed E-state index contributed by atoms with van der Waals surface area (Å²) in [6.45, 7) is 7.16. The lowest BCUT2D eigenvalue weighted by Gasteiger charge is -2.20. The molecule has 7 heteroatoms. The van der Waals surface area contributed by atoms with Gasteiger partial charge in [0.15, 0.2) is 0 Å². The third kappa shape index (κ3) is 3.30. The van der Waals surface area contributed by atoms with Crippen LogP contribution in [0.2, 0.25) is 5.02 Å². The largest absolute Gasteiger partial charge is 0.305 e. The van der Waals surface area contributed by atoms with Crippen LogP contribution in [0.5, 0.6) is 0 Å². The van der Waals surface area contributed by atoms with E-state index in [0.29, 0.717) is 5.02 Å². The van der Waals surface area contributed by atoms with Crippen LogP contribution >= 0.6 is 54.8 Å². The van der Waals surface area contributed by atoms with Crippen LogP contribution in [0.1, 0.15) is 43.4 Å². The van der Waals surface area contributed by atoms with E-state index in [-0.39, 0.29) is 12.1 Å². The minimum atomic E-state index is 0.0463. The molecule has 0 spiro atoms. The number of nitrogens with zero attached hydrogens (tertiary/aromatic N) is 2. The van der Waals surface area contributed by atoms with Crippen LogP contribution in [0, 0.1) is 0 Å². The number of halogens is 3. The molecule has 2 aromatic heterocycles. The molecule has 0 aliphatic carbocycles. The lowest BCUT2D eigenvalue weighted by molar-refractivity contribution is 0.478. The Morgan fingerprint density at radius 2 is 2.15 bits per heavy atom. The zero-order chi connectivity index (χ0) is 14.9. The summed E-state index contributed by atoms with van der Waals surface area (Å²) in [6.07, 6.45) is 1.72. The van der Waals surface area contributed by atoms with Gasteiger partial charge in [0.2, 0.25) is 0 Å². The second kappa shape index (κ2) is 6.92. The van der Waals surface area contributed by atoms with Crippen molar-refractivity contribution in [2.75, 3.05) is 6.54 Å². The first kappa shape index (κ1) is 16.5. The van der Waals surface area contributed by atoms with Crippen molar-refractivity contribution in [3.63, 3.8) is 0 Å². The fraction of sp³-hybridized carbons (Fsp3) is 0.462. The smallest absolute Gasteiger partial charge is 0.0858 e. The van der Waals surface area contributed by atoms with Gasteiger partial charge in [0, 0.05) is 15.4 Å². The van der Waals surface area contributed by atoms with Crippen LogP contribution in [0.15, 0.2) is 20.5 Å². The van der Waals surface area contributed by atoms with Gasteiger partial charge in [-0.1, -0.05) is 18.5 Å². The van der Waals surface area contributed by atoms with Gasteiger partial charge in [0.05, 0.1) is 26.7 Å². The summed E-state index contributed by atoms with van der Waals surface area (Å²) in [5, 5.41) is 8.60. The van der Waals surface area contributed by atoms with Crippen molar-refractivity contribution in [1.82, 2.24) is 15.1 Å². The van der Waals surface area contributed by atoms with E-state index in [4.69, 9.17) is 11.6 Å². The molecule has 0 fully saturated rings. The minimum Gasteiger partial charge on any atom is -0.305 e. The van der Waals surface area contributed by atoms with Gasteiger partial charge in [-0.2, -0.15) is 5.10 Å². The molecule has 0 bridgehead atoms. The number of aromatic nitrogens is 2. The topological polar surface area (TPSA) is 29.9 Å². The monoisotopic (exact) mass is 439 g/mol. The van der Waals surface area contributed by atoms with Crippen molar-refractivity contribution < 1.29 is 0 Å². The molecule has 20 heavy (non-hydrogen) atoms. The van der Waals surface area contributed by atoms with Crippen LogP contribution < -0.4 is 5.32 Å². The van der Waals surface area contributed by atoms with E-state index >= 15 is 0 Å². The van der Waals surface area contributed by atoms with Crippen LogP contribution in [-0.2, 0) is 0 Å². The van der Waals surface area contributed by atoms with Gasteiger partial charge in [-0.05, 0) is 58.3 Å². The Bertz CT molecular complexity index is 575. The average molecular weight is 442 g/mol. The van der Waals surface area contributed by atoms with Crippen molar-refractivity contribution in [3.8, 4) is 0 Å². The summed E-state index contributed by atoms with van der Waals surface area (Å²) in [6, 6.07) is 2.44. The van der Waals surface area contributed by atoms with Gasteiger partial charge < -0.3 is 5.32 Å². The number of hydrogen-bond acceptors (Lipinski definition) is 3. The van der Waals surface area contributed by atoms with Crippen molar-refractivity contribution in [3.05, 3.63) is 36.1 Å². The van der Waals surface area contributed by atoms with Crippen LogP contribution in [0.3, 0.4) is 0 Å². The summed E-state index contributed by atoms with van der Waals surface area (Å²) in [5.41, 5.74) is 1.02. The normalized spacial score (nSPS) is 13.2. The van der Waals surface area contributed by atoms with Gasteiger partial charge in [0.25, 0.3) is 0 Å². The molecular formula is C13H16Br2ClN3S. The quantitative estimate of drug-likeness (QED) is 0.673. The first-order valence-corrected chi connectivity index (χ1v) is 9.14. The van der Waals surface area contributed by atoms with Gasteiger partial charge in [0.1, 0.15) is 0 Å². The maximum atomic E-state index is 6.37. The number of hydrogen-bond donors (Lipinski definition) is 1. The van der Waals surface area contributed by atoms with Crippen molar-refractivity contribution in [2.24, 2.45) is 0 Å². The summed E-state index contributed by atoms with van der Waals surface area (Å²) < 4.78 is 4.13. The Hall–Kier alpha value is 0.120. The predicted molar refractivity (Wildman–Crippen MR) is 92.9 cm³/mol. The Kier molecular flexibility index (Phi) is 5.71. The maximum Gasteiger partial charge on any atom is 0.0858 e. The fourth-order valence-corrected chi connectivity index (χ4v) is 4.48. The Morgan fingerprint density at radius 1 is 1.45 bits per heavy atom. The highest BCUT2D eigenvalue weighted by atomic mass is 79.9. The van der Waals surface area contributed by atoms with Gasteiger partial charge >= 0.3 is 0 Å². The van der Waals surface area contributed by atoms with E-state index < -0.39 is 0 Å². The Balaban J connectivity index is 2.51. The molecule has 0 aromatic carbocycles. The molecule has 110 valence electrons. The second-order valence-electron chi connectivity index (χ2n) is 4.68. The lowest BCUT2D eigenvalue weighted by Crippen LogP contribution is -2.25. The molecule has 0 saturated heterocycles. The highest BCUT2D eigenvalue weighted by Gasteiger charge is 2.24. The first-order valence-electron chi connectivity index (χ1n) is 6.36. The molecule has 1 atom stereocenters. The molecule has 1 unspecified atom stereocenters. The molecule has 0 amide bonds. The molecule has 0 radical (unpaired) electrons. The molecule has 0 aliphatic heterocycles. The number of nitrogens with one attached hydrogen (secondary N) is 1. The zero-order valence-corrected chi connectivity index (χ0v) is 16.2. The highest BCUT2D eigenvalue weighted by Crippen LogP contribution is 2.39. The summed E-state index contributed by atoms with van der Waals surface area (Å²) >= 11 is 15.2. The Labute approximate surface area is 145 Å². The third-order valence-corrected chi connectivity index (χ3v) is 6.52. The molecule has 2 heterocycles. The van der Waals surface area contributed by atoms with E-state index in [1.165, 1.54) is 4.88 Å². The van der Waals surface area contributed by atoms with Crippen molar-refractivity contribution >= 4 is 54.8 Å². The van der Waals surface area contributed by atoms with E-state index in [0.717, 1.165) is 20.5 Å². The number of rotatable bonds is 5. The van der Waals surface area contributed by atoms with Gasteiger partial charge in [-0.3, -0.25) is 4.68 Å². The standard InChI is InChI=1S/C13H16Br2ClN3S/c1-4-17-11(10-5-8(14)13(15)20-10)12-9(16)6-18-19(12)7(2)3/h5-7,11,17H,4H2,1-3H3. The van der Waals surface area contributed by atoms with E-state index in [1.807, 2.05) is 4.68 Å². The second-order valence-corrected chi connectivity index (χ2v) is 8.34. The molecule has 0 aliphatic rings. The summed E-state index contributed by atoms with van der Waals surface area (Å²) in [5.74, 6) is 0. The fourth-order valence-electron chi connectivity index (χ4n) is 2.07. The third-order valence-electron chi connectivity index (χ3n) is 2.91. The van der Waals surface area contributed by atoms with Crippen LogP contribution in [-0.4, -0.2) is 16.3 Å². The van der Waals surface area contributed by atoms with Gasteiger partial charge in [-0.25, -0.2) is 0 Å². The van der Waals surface area contributed by atoms with Crippen molar-refractivity contribution in [2.45, 2.75) is 32.9 Å². The summed E-state index contributed by atoms with van der Waals surface area (Å²) in [4.78, 5) is 1.20. The van der Waals surface area contributed by atoms with Gasteiger partial charge in [-0.15, -0.1) is 11.3 Å². The highest BCUT2D eigenvalue weighted by molar-refractivity contribution is 9.13. The zero-order valence-electron chi connectivity index (χ0n) is 11.5. The van der Waals surface area contributed by atoms with Crippen LogP contribution in [0.25, 0.3) is 0 Å². The van der Waals surface area contributed by atoms with E-state index in [9.17, 15) is 0 Å². The molecule has 1 N–H and O–H groups in total. The molecule has 2 rings (SSSR count). The van der Waals surface area contributed by atoms with E-state index in [1.54, 1.807) is 17.5 Å². The molecule has 3 nitrogen and oxygen atoms in total. The molecular weight excluding hydrogens is 425 g/mol. The van der Waals surface area contributed by atoms with E-state index in [2.05, 4.69) is 69.1 Å².